The number of piperidine rings is 2. The lowest BCUT2D eigenvalue weighted by atomic mass is 9.82. The largest absolute Gasteiger partial charge is 0.465 e. The first-order chi connectivity index (χ1) is 18.5. The Hall–Kier alpha value is -2.72. The maximum atomic E-state index is 15.4. The van der Waals surface area contributed by atoms with E-state index in [2.05, 4.69) is 4.90 Å². The SMILES string of the molecule is COC(=O)c1ccc([C@@H]2CCN(C3CC(OC4CCN(C(=O)OC(C)(C)C)CC4)C3)C[C@@H]2F)cc1C(=O)OC. The zero-order valence-electron chi connectivity index (χ0n) is 23.6. The predicted octanol–water partition coefficient (Wildman–Crippen LogP) is 4.33. The highest BCUT2D eigenvalue weighted by Gasteiger charge is 2.41. The maximum absolute atomic E-state index is 15.4. The first-order valence-corrected chi connectivity index (χ1v) is 13.8. The number of carbonyl (C=O) groups excluding carboxylic acids is 3. The maximum Gasteiger partial charge on any atom is 0.410 e. The highest BCUT2D eigenvalue weighted by Crippen LogP contribution is 2.37. The topological polar surface area (TPSA) is 94.6 Å². The molecule has 216 valence electrons. The lowest BCUT2D eigenvalue weighted by Gasteiger charge is -2.47. The minimum absolute atomic E-state index is 0.0902. The Bertz CT molecular complexity index is 1040. The Morgan fingerprint density at radius 3 is 2.13 bits per heavy atom. The third kappa shape index (κ3) is 7.08. The van der Waals surface area contributed by atoms with Crippen LogP contribution in [0.3, 0.4) is 0 Å². The van der Waals surface area contributed by atoms with E-state index in [0.717, 1.165) is 32.2 Å². The van der Waals surface area contributed by atoms with Crippen molar-refractivity contribution >= 4 is 18.0 Å². The van der Waals surface area contributed by atoms with Gasteiger partial charge in [0.15, 0.2) is 0 Å². The summed E-state index contributed by atoms with van der Waals surface area (Å²) in [5.41, 5.74) is 0.381. The normalized spacial score (nSPS) is 26.5. The van der Waals surface area contributed by atoms with Gasteiger partial charge >= 0.3 is 18.0 Å². The molecule has 2 heterocycles. The number of nitrogens with zero attached hydrogens (tertiary/aromatic N) is 2. The molecule has 3 aliphatic rings. The number of amides is 1. The van der Waals surface area contributed by atoms with Gasteiger partial charge in [0, 0.05) is 31.6 Å². The Balaban J connectivity index is 1.24. The van der Waals surface area contributed by atoms with Crippen LogP contribution in [-0.2, 0) is 18.9 Å². The summed E-state index contributed by atoms with van der Waals surface area (Å²) in [6, 6.07) is 5.07. The summed E-state index contributed by atoms with van der Waals surface area (Å²) in [6.07, 6.45) is 2.89. The number of esters is 2. The summed E-state index contributed by atoms with van der Waals surface area (Å²) in [4.78, 5) is 40.5. The van der Waals surface area contributed by atoms with E-state index >= 15 is 4.39 Å². The van der Waals surface area contributed by atoms with Crippen LogP contribution in [-0.4, -0.2) is 98.3 Å². The number of halogens is 1. The van der Waals surface area contributed by atoms with Gasteiger partial charge in [0.2, 0.25) is 0 Å². The molecule has 1 aromatic carbocycles. The van der Waals surface area contributed by atoms with Crippen molar-refractivity contribution in [3.63, 3.8) is 0 Å². The second-order valence-corrected chi connectivity index (χ2v) is 11.7. The van der Waals surface area contributed by atoms with Crippen molar-refractivity contribution in [3.8, 4) is 0 Å². The van der Waals surface area contributed by atoms with E-state index in [1.54, 1.807) is 17.0 Å². The lowest BCUT2D eigenvalue weighted by molar-refractivity contribution is -0.109. The van der Waals surface area contributed by atoms with Crippen LogP contribution in [0.25, 0.3) is 0 Å². The van der Waals surface area contributed by atoms with Gasteiger partial charge in [-0.3, -0.25) is 4.90 Å². The molecule has 4 rings (SSSR count). The molecule has 1 aliphatic carbocycles. The van der Waals surface area contributed by atoms with Crippen molar-refractivity contribution in [1.29, 1.82) is 0 Å². The summed E-state index contributed by atoms with van der Waals surface area (Å²) in [7, 11) is 2.49. The number of likely N-dealkylation sites (tertiary alicyclic amines) is 2. The Kier molecular flexibility index (Phi) is 9.16. The van der Waals surface area contributed by atoms with Crippen molar-refractivity contribution in [1.82, 2.24) is 9.80 Å². The van der Waals surface area contributed by atoms with Crippen LogP contribution in [0.5, 0.6) is 0 Å². The van der Waals surface area contributed by atoms with Crippen LogP contribution in [0.2, 0.25) is 0 Å². The van der Waals surface area contributed by atoms with E-state index in [1.807, 2.05) is 20.8 Å². The molecule has 3 fully saturated rings. The van der Waals surface area contributed by atoms with Crippen LogP contribution >= 0.6 is 0 Å². The number of hydrogen-bond acceptors (Lipinski definition) is 8. The summed E-state index contributed by atoms with van der Waals surface area (Å²) < 4.78 is 36.7. The third-order valence-corrected chi connectivity index (χ3v) is 7.92. The second-order valence-electron chi connectivity index (χ2n) is 11.7. The molecule has 1 amide bonds. The van der Waals surface area contributed by atoms with Crippen molar-refractivity contribution in [2.24, 2.45) is 0 Å². The smallest absolute Gasteiger partial charge is 0.410 e. The number of alkyl halides is 1. The molecule has 1 aromatic rings. The quantitative estimate of drug-likeness (QED) is 0.383. The second kappa shape index (κ2) is 12.2. The molecule has 10 heteroatoms. The molecule has 0 aromatic heterocycles. The van der Waals surface area contributed by atoms with E-state index in [0.29, 0.717) is 37.7 Å². The minimum Gasteiger partial charge on any atom is -0.465 e. The van der Waals surface area contributed by atoms with Gasteiger partial charge in [0.1, 0.15) is 11.8 Å². The first kappa shape index (κ1) is 29.3. The van der Waals surface area contributed by atoms with Crippen molar-refractivity contribution in [2.75, 3.05) is 40.4 Å². The van der Waals surface area contributed by atoms with Crippen LogP contribution in [0.15, 0.2) is 18.2 Å². The van der Waals surface area contributed by atoms with E-state index in [1.165, 1.54) is 20.3 Å². The third-order valence-electron chi connectivity index (χ3n) is 7.92. The van der Waals surface area contributed by atoms with Crippen molar-refractivity contribution in [3.05, 3.63) is 34.9 Å². The van der Waals surface area contributed by atoms with Crippen LogP contribution in [0.1, 0.15) is 85.1 Å². The Morgan fingerprint density at radius 2 is 1.54 bits per heavy atom. The highest BCUT2D eigenvalue weighted by atomic mass is 19.1. The number of rotatable bonds is 6. The number of hydrogen-bond donors (Lipinski definition) is 0. The number of methoxy groups -OCH3 is 2. The minimum atomic E-state index is -1.09. The van der Waals surface area contributed by atoms with Crippen molar-refractivity contribution in [2.45, 2.75) is 88.8 Å². The molecule has 39 heavy (non-hydrogen) atoms. The molecule has 0 unspecified atom stereocenters. The Labute approximate surface area is 229 Å². The molecular weight excluding hydrogens is 507 g/mol. The van der Waals surface area contributed by atoms with Gasteiger partial charge in [-0.1, -0.05) is 6.07 Å². The van der Waals surface area contributed by atoms with Crippen molar-refractivity contribution < 1.29 is 37.7 Å². The zero-order valence-corrected chi connectivity index (χ0v) is 23.6. The van der Waals surface area contributed by atoms with Crippen LogP contribution in [0.4, 0.5) is 9.18 Å². The lowest BCUT2D eigenvalue weighted by Crippen LogP contribution is -2.54. The molecule has 0 spiro atoms. The highest BCUT2D eigenvalue weighted by molar-refractivity contribution is 6.03. The summed E-state index contributed by atoms with van der Waals surface area (Å²) in [5, 5.41) is 0. The standard InChI is InChI=1S/C29H41FN2O7/c1-29(2,3)39-28(35)31-11-8-20(9-12-31)38-21-15-19(16-21)32-13-10-22(25(30)17-32)18-6-7-23(26(33)36-4)24(14-18)27(34)37-5/h6-7,14,19-22,25H,8-13,15-17H2,1-5H3/t19?,21?,22-,25-/m0/s1. The van der Waals surface area contributed by atoms with Crippen LogP contribution < -0.4 is 0 Å². The van der Waals surface area contributed by atoms with Gasteiger partial charge in [-0.15, -0.1) is 0 Å². The molecule has 2 aliphatic heterocycles. The van der Waals surface area contributed by atoms with Gasteiger partial charge in [0.05, 0.1) is 37.6 Å². The zero-order chi connectivity index (χ0) is 28.3. The molecule has 0 radical (unpaired) electrons. The molecule has 2 saturated heterocycles. The summed E-state index contributed by atoms with van der Waals surface area (Å²) >= 11 is 0. The molecule has 0 bridgehead atoms. The average molecular weight is 549 g/mol. The van der Waals surface area contributed by atoms with E-state index < -0.39 is 23.7 Å². The first-order valence-electron chi connectivity index (χ1n) is 13.8. The van der Waals surface area contributed by atoms with E-state index in [4.69, 9.17) is 18.9 Å². The van der Waals surface area contributed by atoms with E-state index in [-0.39, 0.29) is 35.3 Å². The monoisotopic (exact) mass is 548 g/mol. The van der Waals surface area contributed by atoms with Gasteiger partial charge in [-0.25, -0.2) is 18.8 Å². The van der Waals surface area contributed by atoms with Gasteiger partial charge in [-0.2, -0.15) is 0 Å². The average Bonchev–Trinajstić information content (AvgIpc) is 2.88. The fourth-order valence-corrected chi connectivity index (χ4v) is 5.71. The number of ether oxygens (including phenoxy) is 4. The fourth-order valence-electron chi connectivity index (χ4n) is 5.71. The molecule has 0 N–H and O–H groups in total. The summed E-state index contributed by atoms with van der Waals surface area (Å²) in [5.74, 6) is -1.65. The van der Waals surface area contributed by atoms with Crippen LogP contribution in [0, 0.1) is 0 Å². The molecule has 9 nitrogen and oxygen atoms in total. The molecule has 2 atom stereocenters. The Morgan fingerprint density at radius 1 is 0.897 bits per heavy atom. The van der Waals surface area contributed by atoms with Gasteiger partial charge in [0.25, 0.3) is 0 Å². The number of benzene rings is 1. The van der Waals surface area contributed by atoms with Gasteiger partial charge in [-0.05, 0) is 77.1 Å². The van der Waals surface area contributed by atoms with E-state index in [9.17, 15) is 14.4 Å². The molecule has 1 saturated carbocycles. The fraction of sp³-hybridized carbons (Fsp3) is 0.690. The molecular formula is C29H41FN2O7. The van der Waals surface area contributed by atoms with Gasteiger partial charge < -0.3 is 23.8 Å². The summed E-state index contributed by atoms with van der Waals surface area (Å²) in [6.45, 7) is 7.94. The number of carbonyl (C=O) groups is 3. The predicted molar refractivity (Wildman–Crippen MR) is 142 cm³/mol.